The van der Waals surface area contributed by atoms with E-state index in [4.69, 9.17) is 16.3 Å². The molecule has 2 rings (SSSR count). The molecule has 0 radical (unpaired) electrons. The maximum Gasteiger partial charge on any atom is 0.307 e. The molecular weight excluding hydrogens is 288 g/mol. The first kappa shape index (κ1) is 15.7. The lowest BCUT2D eigenvalue weighted by atomic mass is 10.00. The van der Waals surface area contributed by atoms with Crippen LogP contribution in [-0.2, 0) is 9.53 Å². The van der Waals surface area contributed by atoms with E-state index in [1.165, 1.54) is 7.11 Å². The average Bonchev–Trinajstić information content (AvgIpc) is 2.52. The Kier molecular flexibility index (Phi) is 5.53. The van der Waals surface area contributed by atoms with Crippen LogP contribution in [0.1, 0.15) is 31.4 Å². The number of halogens is 1. The Hall–Kier alpha value is -1.65. The van der Waals surface area contributed by atoms with Crippen LogP contribution in [-0.4, -0.2) is 24.6 Å². The van der Waals surface area contributed by atoms with Gasteiger partial charge in [-0.05, 0) is 36.7 Å². The standard InChI is InChI=1S/C16H19ClN2O2/c1-3-8-18-14(10-15(20)21-2)12-6-7-13(17)11-5-4-9-19-16(11)12/h4-7,9,14,18H,3,8,10H2,1-2H3. The molecule has 4 nitrogen and oxygen atoms in total. The minimum Gasteiger partial charge on any atom is -0.469 e. The lowest BCUT2D eigenvalue weighted by Gasteiger charge is -2.19. The highest BCUT2D eigenvalue weighted by Gasteiger charge is 2.19. The first-order chi connectivity index (χ1) is 10.2. The van der Waals surface area contributed by atoms with E-state index in [0.29, 0.717) is 5.02 Å². The molecule has 0 aliphatic rings. The van der Waals surface area contributed by atoms with E-state index >= 15 is 0 Å². The predicted molar refractivity (Wildman–Crippen MR) is 84.4 cm³/mol. The van der Waals surface area contributed by atoms with Crippen molar-refractivity contribution in [1.29, 1.82) is 0 Å². The number of esters is 1. The van der Waals surface area contributed by atoms with Gasteiger partial charge < -0.3 is 10.1 Å². The third-order valence-corrected chi connectivity index (χ3v) is 3.69. The van der Waals surface area contributed by atoms with Gasteiger partial charge in [-0.1, -0.05) is 24.6 Å². The Balaban J connectivity index is 2.43. The number of carbonyl (C=O) groups excluding carboxylic acids is 1. The van der Waals surface area contributed by atoms with Gasteiger partial charge >= 0.3 is 5.97 Å². The van der Waals surface area contributed by atoms with Gasteiger partial charge in [-0.3, -0.25) is 9.78 Å². The summed E-state index contributed by atoms with van der Waals surface area (Å²) in [5.41, 5.74) is 1.79. The summed E-state index contributed by atoms with van der Waals surface area (Å²) in [6.45, 7) is 2.90. The van der Waals surface area contributed by atoms with Crippen molar-refractivity contribution in [1.82, 2.24) is 10.3 Å². The minimum atomic E-state index is -0.248. The number of fused-ring (bicyclic) bond motifs is 1. The fraction of sp³-hybridized carbons (Fsp3) is 0.375. The number of aromatic nitrogens is 1. The normalized spacial score (nSPS) is 12.3. The molecule has 5 heteroatoms. The van der Waals surface area contributed by atoms with Gasteiger partial charge in [0.05, 0.1) is 19.0 Å². The molecule has 0 fully saturated rings. The van der Waals surface area contributed by atoms with Crippen LogP contribution in [0.25, 0.3) is 10.9 Å². The number of ether oxygens (including phenoxy) is 1. The lowest BCUT2D eigenvalue weighted by Crippen LogP contribution is -2.25. The molecule has 1 unspecified atom stereocenters. The van der Waals surface area contributed by atoms with Gasteiger partial charge in [0.2, 0.25) is 0 Å². The zero-order valence-corrected chi connectivity index (χ0v) is 13.0. The second-order valence-corrected chi connectivity index (χ2v) is 5.23. The fourth-order valence-corrected chi connectivity index (χ4v) is 2.52. The summed E-state index contributed by atoms with van der Waals surface area (Å²) in [6.07, 6.45) is 2.98. The summed E-state index contributed by atoms with van der Waals surface area (Å²) in [4.78, 5) is 16.1. The first-order valence-corrected chi connectivity index (χ1v) is 7.38. The third kappa shape index (κ3) is 3.71. The van der Waals surface area contributed by atoms with Gasteiger partial charge in [0, 0.05) is 22.6 Å². The Morgan fingerprint density at radius 1 is 1.43 bits per heavy atom. The van der Waals surface area contributed by atoms with Gasteiger partial charge in [0.25, 0.3) is 0 Å². The molecule has 1 heterocycles. The van der Waals surface area contributed by atoms with Crippen molar-refractivity contribution < 1.29 is 9.53 Å². The highest BCUT2D eigenvalue weighted by molar-refractivity contribution is 6.35. The van der Waals surface area contributed by atoms with Crippen molar-refractivity contribution in [3.8, 4) is 0 Å². The largest absolute Gasteiger partial charge is 0.469 e. The van der Waals surface area contributed by atoms with E-state index in [0.717, 1.165) is 29.4 Å². The van der Waals surface area contributed by atoms with Crippen LogP contribution in [0, 0.1) is 0 Å². The fourth-order valence-electron chi connectivity index (χ4n) is 2.30. The number of nitrogens with one attached hydrogen (secondary N) is 1. The predicted octanol–water partition coefficient (Wildman–Crippen LogP) is 3.49. The Bertz CT molecular complexity index is 631. The smallest absolute Gasteiger partial charge is 0.307 e. The van der Waals surface area contributed by atoms with Crippen LogP contribution < -0.4 is 5.32 Å². The van der Waals surface area contributed by atoms with Crippen LogP contribution in [0.15, 0.2) is 30.5 Å². The molecule has 0 saturated carbocycles. The van der Waals surface area contributed by atoms with Gasteiger partial charge in [-0.2, -0.15) is 0 Å². The van der Waals surface area contributed by atoms with Crippen molar-refractivity contribution in [2.75, 3.05) is 13.7 Å². The first-order valence-electron chi connectivity index (χ1n) is 7.00. The molecule has 21 heavy (non-hydrogen) atoms. The van der Waals surface area contributed by atoms with Crippen LogP contribution in [0.2, 0.25) is 5.02 Å². The number of pyridine rings is 1. The lowest BCUT2D eigenvalue weighted by molar-refractivity contribution is -0.141. The molecule has 0 aliphatic carbocycles. The molecule has 1 N–H and O–H groups in total. The Morgan fingerprint density at radius 2 is 2.24 bits per heavy atom. The zero-order chi connectivity index (χ0) is 15.2. The van der Waals surface area contributed by atoms with Crippen molar-refractivity contribution in [2.24, 2.45) is 0 Å². The topological polar surface area (TPSA) is 51.2 Å². The highest BCUT2D eigenvalue weighted by atomic mass is 35.5. The third-order valence-electron chi connectivity index (χ3n) is 3.36. The SMILES string of the molecule is CCCNC(CC(=O)OC)c1ccc(Cl)c2cccnc12. The Morgan fingerprint density at radius 3 is 2.95 bits per heavy atom. The molecule has 112 valence electrons. The van der Waals surface area contributed by atoms with Gasteiger partial charge in [-0.15, -0.1) is 0 Å². The van der Waals surface area contributed by atoms with Crippen LogP contribution in [0.5, 0.6) is 0 Å². The molecule has 1 aromatic heterocycles. The maximum absolute atomic E-state index is 11.7. The van der Waals surface area contributed by atoms with Crippen LogP contribution >= 0.6 is 11.6 Å². The molecule has 2 aromatic rings. The summed E-state index contributed by atoms with van der Waals surface area (Å²) in [7, 11) is 1.40. The van der Waals surface area contributed by atoms with Crippen molar-refractivity contribution >= 4 is 28.5 Å². The molecule has 0 saturated heterocycles. The van der Waals surface area contributed by atoms with Gasteiger partial charge in [0.15, 0.2) is 0 Å². The quantitative estimate of drug-likeness (QED) is 0.830. The molecule has 0 aliphatic heterocycles. The summed E-state index contributed by atoms with van der Waals surface area (Å²) < 4.78 is 4.79. The van der Waals surface area contributed by atoms with E-state index in [9.17, 15) is 4.79 Å². The second-order valence-electron chi connectivity index (χ2n) is 4.82. The molecular formula is C16H19ClN2O2. The molecule has 1 aromatic carbocycles. The van der Waals surface area contributed by atoms with Gasteiger partial charge in [0.1, 0.15) is 0 Å². The molecule has 1 atom stereocenters. The number of methoxy groups -OCH3 is 1. The number of rotatable bonds is 6. The van der Waals surface area contributed by atoms with E-state index in [-0.39, 0.29) is 18.4 Å². The molecule has 0 bridgehead atoms. The van der Waals surface area contributed by atoms with Crippen molar-refractivity contribution in [3.05, 3.63) is 41.0 Å². The minimum absolute atomic E-state index is 0.132. The summed E-state index contributed by atoms with van der Waals surface area (Å²) >= 11 is 6.22. The summed E-state index contributed by atoms with van der Waals surface area (Å²) in [5, 5.41) is 4.93. The van der Waals surface area contributed by atoms with E-state index in [1.807, 2.05) is 24.3 Å². The van der Waals surface area contributed by atoms with Crippen molar-refractivity contribution in [2.45, 2.75) is 25.8 Å². The number of nitrogens with zero attached hydrogens (tertiary/aromatic N) is 1. The number of hydrogen-bond acceptors (Lipinski definition) is 4. The van der Waals surface area contributed by atoms with Crippen LogP contribution in [0.4, 0.5) is 0 Å². The number of carbonyl (C=O) groups is 1. The Labute approximate surface area is 129 Å². The number of hydrogen-bond donors (Lipinski definition) is 1. The van der Waals surface area contributed by atoms with Crippen LogP contribution in [0.3, 0.4) is 0 Å². The van der Waals surface area contributed by atoms with E-state index < -0.39 is 0 Å². The second kappa shape index (κ2) is 7.38. The summed E-state index contributed by atoms with van der Waals surface area (Å²) in [5.74, 6) is -0.248. The highest BCUT2D eigenvalue weighted by Crippen LogP contribution is 2.30. The zero-order valence-electron chi connectivity index (χ0n) is 12.2. The summed E-state index contributed by atoms with van der Waals surface area (Å²) in [6, 6.07) is 7.43. The number of benzene rings is 1. The van der Waals surface area contributed by atoms with Gasteiger partial charge in [-0.25, -0.2) is 0 Å². The molecule has 0 amide bonds. The maximum atomic E-state index is 11.7. The van der Waals surface area contributed by atoms with E-state index in [1.54, 1.807) is 6.20 Å². The monoisotopic (exact) mass is 306 g/mol. The van der Waals surface area contributed by atoms with Crippen molar-refractivity contribution in [3.63, 3.8) is 0 Å². The average molecular weight is 307 g/mol. The molecule has 0 spiro atoms. The van der Waals surface area contributed by atoms with E-state index in [2.05, 4.69) is 17.2 Å².